The first-order valence-electron chi connectivity index (χ1n) is 6.85. The second-order valence-electron chi connectivity index (χ2n) is 6.02. The summed E-state index contributed by atoms with van der Waals surface area (Å²) in [6.07, 6.45) is 2.78. The molecule has 0 N–H and O–H groups in total. The van der Waals surface area contributed by atoms with Gasteiger partial charge in [-0.2, -0.15) is 0 Å². The maximum Gasteiger partial charge on any atom is 0.0634 e. The normalized spacial score (nSPS) is 27.4. The Morgan fingerprint density at radius 1 is 1.29 bits per heavy atom. The van der Waals surface area contributed by atoms with E-state index < -0.39 is 0 Å². The zero-order valence-corrected chi connectivity index (χ0v) is 12.2. The van der Waals surface area contributed by atoms with Gasteiger partial charge in [0.25, 0.3) is 0 Å². The molecule has 0 aromatic rings. The van der Waals surface area contributed by atoms with Crippen LogP contribution in [0.5, 0.6) is 0 Å². The first-order chi connectivity index (χ1) is 7.96. The van der Waals surface area contributed by atoms with E-state index in [-0.39, 0.29) is 5.60 Å². The average molecular weight is 243 g/mol. The summed E-state index contributed by atoms with van der Waals surface area (Å²) in [5.41, 5.74) is -0.0210. The Morgan fingerprint density at radius 3 is 2.53 bits per heavy atom. The molecule has 0 aromatic heterocycles. The van der Waals surface area contributed by atoms with Gasteiger partial charge in [0.2, 0.25) is 0 Å². The smallest absolute Gasteiger partial charge is 0.0634 e. The number of hydrogen-bond acceptors (Lipinski definition) is 3. The summed E-state index contributed by atoms with van der Waals surface area (Å²) in [7, 11) is 1.77. The predicted octanol–water partition coefficient (Wildman–Crippen LogP) is 2.55. The lowest BCUT2D eigenvalue weighted by atomic mass is 9.91. The fourth-order valence-electron chi connectivity index (χ4n) is 2.51. The van der Waals surface area contributed by atoms with Crippen LogP contribution in [0.2, 0.25) is 0 Å². The van der Waals surface area contributed by atoms with Gasteiger partial charge in [-0.15, -0.1) is 0 Å². The number of ether oxygens (including phenoxy) is 2. The Kier molecular flexibility index (Phi) is 5.90. The van der Waals surface area contributed by atoms with Gasteiger partial charge >= 0.3 is 0 Å². The highest BCUT2D eigenvalue weighted by Crippen LogP contribution is 2.26. The van der Waals surface area contributed by atoms with Gasteiger partial charge in [0.1, 0.15) is 0 Å². The second-order valence-corrected chi connectivity index (χ2v) is 6.02. The maximum atomic E-state index is 6.18. The molecule has 0 aromatic carbocycles. The Morgan fingerprint density at radius 2 is 2.00 bits per heavy atom. The molecule has 102 valence electrons. The Hall–Kier alpha value is -0.120. The molecule has 2 unspecified atom stereocenters. The minimum Gasteiger partial charge on any atom is -0.383 e. The summed E-state index contributed by atoms with van der Waals surface area (Å²) in [5.74, 6) is 0.667. The van der Waals surface area contributed by atoms with E-state index in [2.05, 4.69) is 32.6 Å². The number of methoxy groups -OCH3 is 1. The highest BCUT2D eigenvalue weighted by atomic mass is 16.5. The highest BCUT2D eigenvalue weighted by molar-refractivity contribution is 4.82. The van der Waals surface area contributed by atoms with E-state index in [0.717, 1.165) is 32.7 Å². The van der Waals surface area contributed by atoms with E-state index in [1.165, 1.54) is 6.42 Å². The summed E-state index contributed by atoms with van der Waals surface area (Å²) in [4.78, 5) is 2.50. The Labute approximate surface area is 106 Å². The largest absolute Gasteiger partial charge is 0.383 e. The fourth-order valence-corrected chi connectivity index (χ4v) is 2.51. The summed E-state index contributed by atoms with van der Waals surface area (Å²) in [6, 6.07) is 0. The van der Waals surface area contributed by atoms with Gasteiger partial charge in [-0.25, -0.2) is 0 Å². The number of nitrogens with zero attached hydrogens (tertiary/aromatic N) is 1. The van der Waals surface area contributed by atoms with Gasteiger partial charge in [-0.1, -0.05) is 6.92 Å². The number of likely N-dealkylation sites (tertiary alicyclic amines) is 1. The van der Waals surface area contributed by atoms with Crippen LogP contribution >= 0.6 is 0 Å². The van der Waals surface area contributed by atoms with Crippen LogP contribution in [0.25, 0.3) is 0 Å². The Balaban J connectivity index is 2.44. The molecule has 1 saturated heterocycles. The number of rotatable bonds is 5. The van der Waals surface area contributed by atoms with Crippen LogP contribution in [0.1, 0.15) is 40.5 Å². The van der Waals surface area contributed by atoms with Crippen molar-refractivity contribution in [1.82, 2.24) is 4.90 Å². The molecule has 1 rings (SSSR count). The fraction of sp³-hybridized carbons (Fsp3) is 1.00. The van der Waals surface area contributed by atoms with Crippen molar-refractivity contribution in [3.05, 3.63) is 0 Å². The van der Waals surface area contributed by atoms with Crippen LogP contribution in [0.4, 0.5) is 0 Å². The standard InChI is InChI=1S/C14H29NO2/c1-6-12-11-15(9-10-16-5)8-7-13(12)17-14(2,3)4/h12-13H,6-11H2,1-5H3. The molecule has 3 nitrogen and oxygen atoms in total. The minimum absolute atomic E-state index is 0.0210. The van der Waals surface area contributed by atoms with Crippen molar-refractivity contribution in [2.24, 2.45) is 5.92 Å². The lowest BCUT2D eigenvalue weighted by Gasteiger charge is -2.40. The van der Waals surface area contributed by atoms with Crippen molar-refractivity contribution in [3.63, 3.8) is 0 Å². The van der Waals surface area contributed by atoms with Crippen LogP contribution < -0.4 is 0 Å². The molecular weight excluding hydrogens is 214 g/mol. The molecule has 1 heterocycles. The van der Waals surface area contributed by atoms with Crippen molar-refractivity contribution in [3.8, 4) is 0 Å². The number of piperidine rings is 1. The monoisotopic (exact) mass is 243 g/mol. The lowest BCUT2D eigenvalue weighted by molar-refractivity contribution is -0.110. The molecule has 0 aliphatic carbocycles. The molecular formula is C14H29NO2. The van der Waals surface area contributed by atoms with E-state index in [4.69, 9.17) is 9.47 Å². The molecule has 0 saturated carbocycles. The van der Waals surface area contributed by atoms with Crippen molar-refractivity contribution in [2.75, 3.05) is 33.4 Å². The minimum atomic E-state index is -0.0210. The third-order valence-corrected chi connectivity index (χ3v) is 3.39. The van der Waals surface area contributed by atoms with Crippen LogP contribution in [0.3, 0.4) is 0 Å². The van der Waals surface area contributed by atoms with Crippen LogP contribution in [-0.2, 0) is 9.47 Å². The zero-order valence-electron chi connectivity index (χ0n) is 12.2. The first kappa shape index (κ1) is 14.9. The molecule has 17 heavy (non-hydrogen) atoms. The van der Waals surface area contributed by atoms with E-state index in [1.54, 1.807) is 7.11 Å². The Bertz CT molecular complexity index is 213. The van der Waals surface area contributed by atoms with Gasteiger partial charge in [0.15, 0.2) is 0 Å². The molecule has 1 aliphatic heterocycles. The van der Waals surface area contributed by atoms with Gasteiger partial charge in [0.05, 0.1) is 18.3 Å². The van der Waals surface area contributed by atoms with Gasteiger partial charge < -0.3 is 14.4 Å². The third kappa shape index (κ3) is 5.36. The summed E-state index contributed by atoms with van der Waals surface area (Å²) < 4.78 is 11.3. The highest BCUT2D eigenvalue weighted by Gasteiger charge is 2.31. The quantitative estimate of drug-likeness (QED) is 0.740. The molecule has 0 amide bonds. The summed E-state index contributed by atoms with van der Waals surface area (Å²) >= 11 is 0. The summed E-state index contributed by atoms with van der Waals surface area (Å²) in [5, 5.41) is 0. The lowest BCUT2D eigenvalue weighted by Crippen LogP contribution is -2.47. The average Bonchev–Trinajstić information content (AvgIpc) is 2.25. The number of hydrogen-bond donors (Lipinski definition) is 0. The molecule has 2 atom stereocenters. The van der Waals surface area contributed by atoms with E-state index in [1.807, 2.05) is 0 Å². The van der Waals surface area contributed by atoms with Crippen LogP contribution in [0.15, 0.2) is 0 Å². The molecule has 0 radical (unpaired) electrons. The topological polar surface area (TPSA) is 21.7 Å². The summed E-state index contributed by atoms with van der Waals surface area (Å²) in [6.45, 7) is 12.9. The van der Waals surface area contributed by atoms with Crippen molar-refractivity contribution >= 4 is 0 Å². The SMILES string of the molecule is CCC1CN(CCOC)CCC1OC(C)(C)C. The van der Waals surface area contributed by atoms with E-state index in [0.29, 0.717) is 12.0 Å². The molecule has 0 bridgehead atoms. The second kappa shape index (κ2) is 6.72. The van der Waals surface area contributed by atoms with E-state index >= 15 is 0 Å². The van der Waals surface area contributed by atoms with Gasteiger partial charge in [0, 0.05) is 26.7 Å². The van der Waals surface area contributed by atoms with Crippen LogP contribution in [0, 0.1) is 5.92 Å². The molecule has 1 aliphatic rings. The van der Waals surface area contributed by atoms with Crippen molar-refractivity contribution in [2.45, 2.75) is 52.2 Å². The molecule has 3 heteroatoms. The van der Waals surface area contributed by atoms with Crippen LogP contribution in [-0.4, -0.2) is 50.0 Å². The molecule has 1 fully saturated rings. The van der Waals surface area contributed by atoms with Gasteiger partial charge in [-0.3, -0.25) is 0 Å². The van der Waals surface area contributed by atoms with E-state index in [9.17, 15) is 0 Å². The van der Waals surface area contributed by atoms with Gasteiger partial charge in [-0.05, 0) is 39.5 Å². The first-order valence-corrected chi connectivity index (χ1v) is 6.85. The molecule has 0 spiro atoms. The maximum absolute atomic E-state index is 6.18. The predicted molar refractivity (Wildman–Crippen MR) is 71.3 cm³/mol. The van der Waals surface area contributed by atoms with Crippen molar-refractivity contribution in [1.29, 1.82) is 0 Å². The third-order valence-electron chi connectivity index (χ3n) is 3.39. The zero-order chi connectivity index (χ0) is 12.9. The van der Waals surface area contributed by atoms with Crippen molar-refractivity contribution < 1.29 is 9.47 Å².